The van der Waals surface area contributed by atoms with E-state index in [1.54, 1.807) is 0 Å². The van der Waals surface area contributed by atoms with Gasteiger partial charge in [-0.3, -0.25) is 0 Å². The SMILES string of the molecule is N=Cc1ccc(O[C@@H]2CCCC[C@@H]2c2ccccc2)cc1Cl. The summed E-state index contributed by atoms with van der Waals surface area (Å²) in [7, 11) is 0. The van der Waals surface area contributed by atoms with Crippen molar-refractivity contribution in [1.29, 1.82) is 5.41 Å². The Hall–Kier alpha value is -1.80. The average Bonchev–Trinajstić information content (AvgIpc) is 2.56. The molecule has 1 aliphatic rings. The van der Waals surface area contributed by atoms with E-state index in [0.717, 1.165) is 17.7 Å². The molecule has 1 saturated carbocycles. The van der Waals surface area contributed by atoms with Gasteiger partial charge in [-0.05, 0) is 43.0 Å². The fraction of sp³-hybridized carbons (Fsp3) is 0.316. The Morgan fingerprint density at radius 3 is 2.55 bits per heavy atom. The summed E-state index contributed by atoms with van der Waals surface area (Å²) in [5, 5.41) is 7.87. The molecule has 0 aliphatic heterocycles. The van der Waals surface area contributed by atoms with Gasteiger partial charge in [0.2, 0.25) is 0 Å². The molecule has 2 atom stereocenters. The van der Waals surface area contributed by atoms with Crippen molar-refractivity contribution in [1.82, 2.24) is 0 Å². The molecule has 0 saturated heterocycles. The Kier molecular flexibility index (Phi) is 4.79. The summed E-state index contributed by atoms with van der Waals surface area (Å²) >= 11 is 6.17. The molecule has 0 spiro atoms. The fourth-order valence-electron chi connectivity index (χ4n) is 3.19. The van der Waals surface area contributed by atoms with E-state index in [1.165, 1.54) is 31.0 Å². The lowest BCUT2D eigenvalue weighted by Gasteiger charge is -2.32. The lowest BCUT2D eigenvalue weighted by atomic mass is 9.81. The van der Waals surface area contributed by atoms with Gasteiger partial charge in [-0.1, -0.05) is 48.4 Å². The first-order valence-corrected chi connectivity index (χ1v) is 8.17. The Balaban J connectivity index is 1.80. The van der Waals surface area contributed by atoms with Crippen LogP contribution in [0.4, 0.5) is 0 Å². The van der Waals surface area contributed by atoms with Crippen molar-refractivity contribution in [2.45, 2.75) is 37.7 Å². The van der Waals surface area contributed by atoms with Gasteiger partial charge in [0.05, 0.1) is 5.02 Å². The van der Waals surface area contributed by atoms with Gasteiger partial charge in [0.1, 0.15) is 11.9 Å². The highest BCUT2D eigenvalue weighted by Crippen LogP contribution is 2.36. The van der Waals surface area contributed by atoms with E-state index in [-0.39, 0.29) is 6.10 Å². The molecule has 0 radical (unpaired) electrons. The van der Waals surface area contributed by atoms with Crippen molar-refractivity contribution < 1.29 is 4.74 Å². The number of hydrogen-bond donors (Lipinski definition) is 1. The highest BCUT2D eigenvalue weighted by molar-refractivity contribution is 6.33. The summed E-state index contributed by atoms with van der Waals surface area (Å²) < 4.78 is 6.24. The molecular formula is C19H20ClNO. The van der Waals surface area contributed by atoms with Crippen LogP contribution in [0.3, 0.4) is 0 Å². The van der Waals surface area contributed by atoms with Crippen molar-refractivity contribution in [2.75, 3.05) is 0 Å². The second-order valence-electron chi connectivity index (χ2n) is 5.79. The van der Waals surface area contributed by atoms with Gasteiger partial charge < -0.3 is 10.1 Å². The zero-order valence-electron chi connectivity index (χ0n) is 12.5. The molecule has 0 amide bonds. The van der Waals surface area contributed by atoms with Gasteiger partial charge in [0, 0.05) is 17.7 Å². The van der Waals surface area contributed by atoms with Crippen LogP contribution in [0.25, 0.3) is 0 Å². The fourth-order valence-corrected chi connectivity index (χ4v) is 3.42. The van der Waals surface area contributed by atoms with Crippen LogP contribution in [0.5, 0.6) is 5.75 Å². The second-order valence-corrected chi connectivity index (χ2v) is 6.19. The third-order valence-corrected chi connectivity index (χ3v) is 4.67. The Bertz CT molecular complexity index is 641. The highest BCUT2D eigenvalue weighted by atomic mass is 35.5. The van der Waals surface area contributed by atoms with Crippen LogP contribution in [0.2, 0.25) is 5.02 Å². The van der Waals surface area contributed by atoms with E-state index < -0.39 is 0 Å². The van der Waals surface area contributed by atoms with Crippen LogP contribution < -0.4 is 4.74 Å². The maximum absolute atomic E-state index is 7.30. The van der Waals surface area contributed by atoms with Crippen molar-refractivity contribution in [2.24, 2.45) is 0 Å². The first-order chi connectivity index (χ1) is 10.8. The first kappa shape index (κ1) is 15.1. The Labute approximate surface area is 136 Å². The largest absolute Gasteiger partial charge is 0.490 e. The van der Waals surface area contributed by atoms with Crippen LogP contribution >= 0.6 is 11.6 Å². The smallest absolute Gasteiger partial charge is 0.121 e. The van der Waals surface area contributed by atoms with Crippen molar-refractivity contribution in [3.63, 3.8) is 0 Å². The summed E-state index contributed by atoms with van der Waals surface area (Å²) in [5.74, 6) is 1.24. The van der Waals surface area contributed by atoms with Crippen LogP contribution in [0.15, 0.2) is 48.5 Å². The molecule has 1 fully saturated rings. The standard InChI is InChI=1S/C19H20ClNO/c20-18-12-16(11-10-15(18)13-21)22-19-9-5-4-8-17(19)14-6-2-1-3-7-14/h1-3,6-7,10-13,17,19,21H,4-5,8-9H2/t17-,19-/m1/s1. The van der Waals surface area contributed by atoms with Crippen molar-refractivity contribution >= 4 is 17.8 Å². The molecule has 0 bridgehead atoms. The normalized spacial score (nSPS) is 21.3. The maximum atomic E-state index is 7.30. The summed E-state index contributed by atoms with van der Waals surface area (Å²) in [6.07, 6.45) is 6.16. The number of ether oxygens (including phenoxy) is 1. The number of benzene rings is 2. The van der Waals surface area contributed by atoms with E-state index in [0.29, 0.717) is 10.9 Å². The van der Waals surface area contributed by atoms with Gasteiger partial charge in [-0.25, -0.2) is 0 Å². The van der Waals surface area contributed by atoms with Gasteiger partial charge in [-0.2, -0.15) is 0 Å². The molecule has 2 aromatic rings. The number of rotatable bonds is 4. The zero-order chi connectivity index (χ0) is 15.4. The molecule has 114 valence electrons. The number of hydrogen-bond acceptors (Lipinski definition) is 2. The summed E-state index contributed by atoms with van der Waals surface area (Å²) in [4.78, 5) is 0. The van der Waals surface area contributed by atoms with E-state index in [1.807, 2.05) is 18.2 Å². The van der Waals surface area contributed by atoms with E-state index in [2.05, 4.69) is 30.3 Å². The average molecular weight is 314 g/mol. The molecule has 0 aromatic heterocycles. The third kappa shape index (κ3) is 3.33. The zero-order valence-corrected chi connectivity index (χ0v) is 13.2. The van der Waals surface area contributed by atoms with E-state index >= 15 is 0 Å². The third-order valence-electron chi connectivity index (χ3n) is 4.35. The topological polar surface area (TPSA) is 33.1 Å². The van der Waals surface area contributed by atoms with Crippen LogP contribution in [0, 0.1) is 5.41 Å². The highest BCUT2D eigenvalue weighted by Gasteiger charge is 2.28. The number of nitrogens with one attached hydrogen (secondary N) is 1. The van der Waals surface area contributed by atoms with Crippen molar-refractivity contribution in [3.8, 4) is 5.75 Å². The minimum atomic E-state index is 0.193. The monoisotopic (exact) mass is 313 g/mol. The molecule has 3 rings (SSSR count). The van der Waals surface area contributed by atoms with Gasteiger partial charge >= 0.3 is 0 Å². The molecule has 0 unspecified atom stereocenters. The molecule has 3 heteroatoms. The molecular weight excluding hydrogens is 294 g/mol. The van der Waals surface area contributed by atoms with Gasteiger partial charge in [-0.15, -0.1) is 0 Å². The summed E-state index contributed by atoms with van der Waals surface area (Å²) in [6.45, 7) is 0. The van der Waals surface area contributed by atoms with Crippen molar-refractivity contribution in [3.05, 3.63) is 64.7 Å². The van der Waals surface area contributed by atoms with Crippen LogP contribution in [-0.4, -0.2) is 12.3 Å². The summed E-state index contributed by atoms with van der Waals surface area (Å²) in [5.41, 5.74) is 2.08. The maximum Gasteiger partial charge on any atom is 0.121 e. The quantitative estimate of drug-likeness (QED) is 0.749. The second kappa shape index (κ2) is 6.97. The van der Waals surface area contributed by atoms with Crippen LogP contribution in [0.1, 0.15) is 42.7 Å². The minimum absolute atomic E-state index is 0.193. The van der Waals surface area contributed by atoms with E-state index in [4.69, 9.17) is 21.7 Å². The lowest BCUT2D eigenvalue weighted by molar-refractivity contribution is 0.130. The van der Waals surface area contributed by atoms with Gasteiger partial charge in [0.15, 0.2) is 0 Å². The molecule has 1 aliphatic carbocycles. The predicted molar refractivity (Wildman–Crippen MR) is 91.4 cm³/mol. The molecule has 2 aromatic carbocycles. The first-order valence-electron chi connectivity index (χ1n) is 7.79. The summed E-state index contributed by atoms with van der Waals surface area (Å²) in [6, 6.07) is 16.2. The minimum Gasteiger partial charge on any atom is -0.490 e. The van der Waals surface area contributed by atoms with Crippen LogP contribution in [-0.2, 0) is 0 Å². The molecule has 22 heavy (non-hydrogen) atoms. The Morgan fingerprint density at radius 1 is 1.05 bits per heavy atom. The molecule has 0 heterocycles. The van der Waals surface area contributed by atoms with Gasteiger partial charge in [0.25, 0.3) is 0 Å². The molecule has 2 nitrogen and oxygen atoms in total. The van der Waals surface area contributed by atoms with E-state index in [9.17, 15) is 0 Å². The molecule has 1 N–H and O–H groups in total. The number of halogens is 1. The lowest BCUT2D eigenvalue weighted by Crippen LogP contribution is -2.28. The Morgan fingerprint density at radius 2 is 1.82 bits per heavy atom. The predicted octanol–water partition coefficient (Wildman–Crippen LogP) is 5.44.